The number of likely N-dealkylation sites (tertiary alicyclic amines) is 1. The highest BCUT2D eigenvalue weighted by atomic mass is 16.5. The van der Waals surface area contributed by atoms with Gasteiger partial charge in [0.05, 0.1) is 12.5 Å². The monoisotopic (exact) mass is 436 g/mol. The Bertz CT molecular complexity index is 1220. The van der Waals surface area contributed by atoms with Gasteiger partial charge in [0, 0.05) is 30.6 Å². The van der Waals surface area contributed by atoms with Gasteiger partial charge < -0.3 is 24.5 Å². The minimum Gasteiger partial charge on any atom is -0.497 e. The third kappa shape index (κ3) is 4.16. The van der Waals surface area contributed by atoms with Gasteiger partial charge >= 0.3 is 0 Å². The second-order valence-electron chi connectivity index (χ2n) is 7.77. The Morgan fingerprint density at radius 1 is 1.06 bits per heavy atom. The van der Waals surface area contributed by atoms with Crippen LogP contribution in [-0.2, 0) is 4.79 Å². The van der Waals surface area contributed by atoms with Crippen molar-refractivity contribution in [3.8, 4) is 17.2 Å². The van der Waals surface area contributed by atoms with Crippen LogP contribution in [0.5, 0.6) is 17.2 Å². The number of nitrogens with zero attached hydrogens (tertiary/aromatic N) is 1. The molecule has 4 rings (SSSR count). The van der Waals surface area contributed by atoms with Crippen molar-refractivity contribution in [2.45, 2.75) is 19.8 Å². The fraction of sp³-hybridized carbons (Fsp3) is 0.292. The molecule has 1 aromatic heterocycles. The molecular formula is C24H24N2O6. The van der Waals surface area contributed by atoms with Gasteiger partial charge in [-0.15, -0.1) is 0 Å². The summed E-state index contributed by atoms with van der Waals surface area (Å²) in [4.78, 5) is 38.7. The van der Waals surface area contributed by atoms with Crippen molar-refractivity contribution in [3.63, 3.8) is 0 Å². The maximum atomic E-state index is 12.9. The summed E-state index contributed by atoms with van der Waals surface area (Å²) >= 11 is 0. The molecule has 166 valence electrons. The van der Waals surface area contributed by atoms with Crippen LogP contribution in [0.3, 0.4) is 0 Å². The largest absolute Gasteiger partial charge is 0.497 e. The first-order valence-corrected chi connectivity index (χ1v) is 10.4. The van der Waals surface area contributed by atoms with Crippen LogP contribution in [-0.4, -0.2) is 36.9 Å². The molecule has 1 aliphatic heterocycles. The zero-order valence-electron chi connectivity index (χ0n) is 17.9. The van der Waals surface area contributed by atoms with Gasteiger partial charge in [-0.3, -0.25) is 14.4 Å². The molecule has 2 heterocycles. The summed E-state index contributed by atoms with van der Waals surface area (Å²) < 4.78 is 16.7. The Morgan fingerprint density at radius 3 is 2.34 bits per heavy atom. The molecule has 0 atom stereocenters. The van der Waals surface area contributed by atoms with E-state index in [4.69, 9.17) is 19.6 Å². The minimum atomic E-state index is -0.314. The third-order valence-electron chi connectivity index (χ3n) is 5.73. The lowest BCUT2D eigenvalue weighted by molar-refractivity contribution is -0.123. The highest BCUT2D eigenvalue weighted by Crippen LogP contribution is 2.28. The molecule has 0 unspecified atom stereocenters. The lowest BCUT2D eigenvalue weighted by atomic mass is 9.96. The number of hydrogen-bond donors (Lipinski definition) is 1. The zero-order chi connectivity index (χ0) is 22.8. The zero-order valence-corrected chi connectivity index (χ0v) is 17.9. The fourth-order valence-corrected chi connectivity index (χ4v) is 3.85. The summed E-state index contributed by atoms with van der Waals surface area (Å²) in [5.74, 6) is 0.836. The first-order chi connectivity index (χ1) is 15.4. The van der Waals surface area contributed by atoms with E-state index >= 15 is 0 Å². The van der Waals surface area contributed by atoms with E-state index in [1.165, 1.54) is 0 Å². The molecule has 2 amide bonds. The summed E-state index contributed by atoms with van der Waals surface area (Å²) in [5, 5.41) is 0.387. The second-order valence-corrected chi connectivity index (χ2v) is 7.77. The van der Waals surface area contributed by atoms with Gasteiger partial charge in [-0.25, -0.2) is 0 Å². The molecule has 2 aromatic carbocycles. The number of ether oxygens (including phenoxy) is 2. The molecule has 2 N–H and O–H groups in total. The number of fused-ring (bicyclic) bond motifs is 1. The number of piperidine rings is 1. The normalized spacial score (nSPS) is 14.4. The van der Waals surface area contributed by atoms with Crippen molar-refractivity contribution < 1.29 is 23.5 Å². The average molecular weight is 436 g/mol. The molecule has 1 aliphatic rings. The molecule has 0 bridgehead atoms. The Balaban J connectivity index is 1.50. The quantitative estimate of drug-likeness (QED) is 0.657. The number of primary amides is 1. The number of benzene rings is 2. The fourth-order valence-electron chi connectivity index (χ4n) is 3.85. The van der Waals surface area contributed by atoms with Crippen molar-refractivity contribution in [1.29, 1.82) is 0 Å². The molecule has 0 radical (unpaired) electrons. The molecule has 1 saturated heterocycles. The van der Waals surface area contributed by atoms with Gasteiger partial charge in [-0.2, -0.15) is 0 Å². The van der Waals surface area contributed by atoms with E-state index in [1.54, 1.807) is 61.4 Å². The molecule has 8 heteroatoms. The number of rotatable bonds is 5. The summed E-state index contributed by atoms with van der Waals surface area (Å²) in [7, 11) is 1.54. The standard InChI is InChI=1S/C24H24N2O6/c1-14-22(21(27)19-8-7-18(30-2)13-20(19)31-14)32-17-5-3-16(4-6-17)24(29)26-11-9-15(10-12-26)23(25)28/h3-8,13,15H,9-12H2,1-2H3,(H2,25,28). The molecule has 0 spiro atoms. The predicted molar refractivity (Wildman–Crippen MR) is 118 cm³/mol. The number of aryl methyl sites for hydroxylation is 1. The highest BCUT2D eigenvalue weighted by Gasteiger charge is 2.26. The van der Waals surface area contributed by atoms with Crippen LogP contribution in [0.2, 0.25) is 0 Å². The molecule has 32 heavy (non-hydrogen) atoms. The van der Waals surface area contributed by atoms with Crippen LogP contribution in [0, 0.1) is 12.8 Å². The van der Waals surface area contributed by atoms with Crippen LogP contribution in [0.25, 0.3) is 11.0 Å². The van der Waals surface area contributed by atoms with Crippen LogP contribution in [0.1, 0.15) is 29.0 Å². The molecule has 3 aromatic rings. The van der Waals surface area contributed by atoms with Crippen molar-refractivity contribution >= 4 is 22.8 Å². The summed E-state index contributed by atoms with van der Waals surface area (Å²) in [6.45, 7) is 2.64. The summed E-state index contributed by atoms with van der Waals surface area (Å²) in [6.07, 6.45) is 1.15. The molecular weight excluding hydrogens is 412 g/mol. The van der Waals surface area contributed by atoms with Crippen LogP contribution < -0.4 is 20.6 Å². The van der Waals surface area contributed by atoms with Crippen molar-refractivity contribution in [2.24, 2.45) is 11.7 Å². The van der Waals surface area contributed by atoms with Crippen LogP contribution >= 0.6 is 0 Å². The maximum Gasteiger partial charge on any atom is 0.253 e. The summed E-state index contributed by atoms with van der Waals surface area (Å²) in [5.41, 5.74) is 5.99. The van der Waals surface area contributed by atoms with Crippen molar-refractivity contribution in [1.82, 2.24) is 4.90 Å². The van der Waals surface area contributed by atoms with E-state index < -0.39 is 0 Å². The maximum absolute atomic E-state index is 12.9. The second kappa shape index (κ2) is 8.74. The van der Waals surface area contributed by atoms with Gasteiger partial charge in [-0.05, 0) is 56.2 Å². The number of carbonyl (C=O) groups excluding carboxylic acids is 2. The molecule has 1 fully saturated rings. The number of carbonyl (C=O) groups is 2. The Kier molecular flexibility index (Phi) is 5.85. The number of amides is 2. The van der Waals surface area contributed by atoms with Crippen LogP contribution in [0.15, 0.2) is 51.7 Å². The van der Waals surface area contributed by atoms with Gasteiger partial charge in [-0.1, -0.05) is 0 Å². The van der Waals surface area contributed by atoms with Gasteiger partial charge in [0.2, 0.25) is 17.1 Å². The highest BCUT2D eigenvalue weighted by molar-refractivity contribution is 5.94. The van der Waals surface area contributed by atoms with Crippen molar-refractivity contribution in [3.05, 3.63) is 64.0 Å². The molecule has 0 saturated carbocycles. The molecule has 8 nitrogen and oxygen atoms in total. The SMILES string of the molecule is COc1ccc2c(=O)c(Oc3ccc(C(=O)N4CCC(C(N)=O)CC4)cc3)c(C)oc2c1. The Labute approximate surface area is 184 Å². The Morgan fingerprint density at radius 2 is 1.72 bits per heavy atom. The number of methoxy groups -OCH3 is 1. The van der Waals surface area contributed by atoms with Crippen molar-refractivity contribution in [2.75, 3.05) is 20.2 Å². The molecule has 0 aliphatic carbocycles. The minimum absolute atomic E-state index is 0.0928. The van der Waals surface area contributed by atoms with E-state index in [-0.39, 0.29) is 28.9 Å². The number of nitrogens with two attached hydrogens (primary N) is 1. The van der Waals surface area contributed by atoms with Gasteiger partial charge in [0.15, 0.2) is 0 Å². The Hall–Kier alpha value is -3.81. The van der Waals surface area contributed by atoms with E-state index in [1.807, 2.05) is 0 Å². The van der Waals surface area contributed by atoms with E-state index in [2.05, 4.69) is 0 Å². The lowest BCUT2D eigenvalue weighted by Crippen LogP contribution is -2.41. The van der Waals surface area contributed by atoms with Gasteiger partial charge in [0.25, 0.3) is 5.91 Å². The first-order valence-electron chi connectivity index (χ1n) is 10.4. The average Bonchev–Trinajstić information content (AvgIpc) is 2.81. The first kappa shape index (κ1) is 21.4. The lowest BCUT2D eigenvalue weighted by Gasteiger charge is -2.30. The van der Waals surface area contributed by atoms with E-state index in [0.29, 0.717) is 59.7 Å². The summed E-state index contributed by atoms with van der Waals surface area (Å²) in [6, 6.07) is 11.6. The topological polar surface area (TPSA) is 112 Å². The smallest absolute Gasteiger partial charge is 0.253 e. The van der Waals surface area contributed by atoms with E-state index in [9.17, 15) is 14.4 Å². The predicted octanol–water partition coefficient (Wildman–Crippen LogP) is 3.24. The van der Waals surface area contributed by atoms with Gasteiger partial charge in [0.1, 0.15) is 22.8 Å². The number of hydrogen-bond acceptors (Lipinski definition) is 6. The van der Waals surface area contributed by atoms with E-state index in [0.717, 1.165) is 0 Å². The third-order valence-corrected chi connectivity index (χ3v) is 5.73. The van der Waals surface area contributed by atoms with Crippen LogP contribution in [0.4, 0.5) is 0 Å².